The summed E-state index contributed by atoms with van der Waals surface area (Å²) in [6, 6.07) is 6.70. The molecule has 1 atom stereocenters. The molecule has 1 aliphatic heterocycles. The minimum Gasteiger partial charge on any atom is -0.339 e. The van der Waals surface area contributed by atoms with E-state index in [-0.39, 0.29) is 11.7 Å². The first kappa shape index (κ1) is 13.6. The van der Waals surface area contributed by atoms with Crippen LogP contribution in [0.5, 0.6) is 0 Å². The molecule has 1 aliphatic carbocycles. The van der Waals surface area contributed by atoms with Crippen molar-refractivity contribution in [3.63, 3.8) is 0 Å². The zero-order valence-electron chi connectivity index (χ0n) is 11.6. The smallest absolute Gasteiger partial charge is 0.227 e. The Morgan fingerprint density at radius 3 is 2.60 bits per heavy atom. The van der Waals surface area contributed by atoms with Gasteiger partial charge in [0.1, 0.15) is 5.82 Å². The average molecular weight is 276 g/mol. The fraction of sp³-hybridized carbons (Fsp3) is 0.562. The van der Waals surface area contributed by atoms with Gasteiger partial charge in [-0.3, -0.25) is 4.79 Å². The number of carbonyl (C=O) groups excluding carboxylic acids is 1. The summed E-state index contributed by atoms with van der Waals surface area (Å²) in [5, 5.41) is 3.35. The summed E-state index contributed by atoms with van der Waals surface area (Å²) in [6.07, 6.45) is 3.81. The topological polar surface area (TPSA) is 32.3 Å². The number of hydrogen-bond donors (Lipinski definition) is 1. The first-order valence-corrected chi connectivity index (χ1v) is 7.47. The molecule has 0 radical (unpaired) electrons. The second-order valence-corrected chi connectivity index (χ2v) is 5.94. The van der Waals surface area contributed by atoms with Gasteiger partial charge in [0.15, 0.2) is 0 Å². The van der Waals surface area contributed by atoms with Crippen molar-refractivity contribution in [3.8, 4) is 0 Å². The Kier molecular flexibility index (Phi) is 4.01. The van der Waals surface area contributed by atoms with Crippen LogP contribution in [0.1, 0.15) is 24.8 Å². The number of halogens is 1. The van der Waals surface area contributed by atoms with Crippen LogP contribution in [0.2, 0.25) is 0 Å². The van der Waals surface area contributed by atoms with Gasteiger partial charge in [0.05, 0.1) is 6.42 Å². The highest BCUT2D eigenvalue weighted by Crippen LogP contribution is 2.29. The Bertz CT molecular complexity index is 464. The highest BCUT2D eigenvalue weighted by atomic mass is 19.1. The van der Waals surface area contributed by atoms with Gasteiger partial charge in [-0.2, -0.15) is 0 Å². The van der Waals surface area contributed by atoms with Crippen LogP contribution in [0.4, 0.5) is 4.39 Å². The molecule has 2 aliphatic rings. The molecule has 1 aromatic carbocycles. The van der Waals surface area contributed by atoms with Gasteiger partial charge < -0.3 is 10.2 Å². The lowest BCUT2D eigenvalue weighted by Crippen LogP contribution is -2.38. The Labute approximate surface area is 119 Å². The molecule has 1 saturated carbocycles. The molecule has 1 heterocycles. The molecular formula is C16H21FN2O. The lowest BCUT2D eigenvalue weighted by Gasteiger charge is -2.25. The van der Waals surface area contributed by atoms with Gasteiger partial charge in [-0.1, -0.05) is 12.1 Å². The van der Waals surface area contributed by atoms with Gasteiger partial charge in [-0.15, -0.1) is 0 Å². The molecule has 1 N–H and O–H groups in total. The quantitative estimate of drug-likeness (QED) is 0.892. The van der Waals surface area contributed by atoms with Crippen LogP contribution in [0, 0.1) is 11.7 Å². The van der Waals surface area contributed by atoms with Gasteiger partial charge >= 0.3 is 0 Å². The molecule has 108 valence electrons. The SMILES string of the molecule is O=C(Cc1ccc(F)cc1)N(CC1CCNC1)C1CC1. The number of benzene rings is 1. The van der Waals surface area contributed by atoms with Crippen LogP contribution in [0.3, 0.4) is 0 Å². The normalized spacial score (nSPS) is 21.9. The summed E-state index contributed by atoms with van der Waals surface area (Å²) in [5.41, 5.74) is 0.895. The van der Waals surface area contributed by atoms with E-state index in [9.17, 15) is 9.18 Å². The highest BCUT2D eigenvalue weighted by Gasteiger charge is 2.34. The van der Waals surface area contributed by atoms with Crippen molar-refractivity contribution in [1.82, 2.24) is 10.2 Å². The molecule has 0 aromatic heterocycles. The van der Waals surface area contributed by atoms with E-state index in [2.05, 4.69) is 10.2 Å². The second-order valence-electron chi connectivity index (χ2n) is 5.94. The van der Waals surface area contributed by atoms with Crippen molar-refractivity contribution in [2.24, 2.45) is 5.92 Å². The first-order chi connectivity index (χ1) is 9.72. The number of nitrogens with one attached hydrogen (secondary N) is 1. The van der Waals surface area contributed by atoms with Gasteiger partial charge in [0, 0.05) is 12.6 Å². The van der Waals surface area contributed by atoms with Crippen LogP contribution in [0.15, 0.2) is 24.3 Å². The predicted octanol–water partition coefficient (Wildman–Crippen LogP) is 1.97. The van der Waals surface area contributed by atoms with Gasteiger partial charge in [-0.05, 0) is 56.0 Å². The largest absolute Gasteiger partial charge is 0.339 e. The molecule has 1 unspecified atom stereocenters. The van der Waals surface area contributed by atoms with Crippen molar-refractivity contribution in [2.45, 2.75) is 31.7 Å². The third-order valence-corrected chi connectivity index (χ3v) is 4.19. The zero-order valence-corrected chi connectivity index (χ0v) is 11.6. The number of amides is 1. The molecule has 1 saturated heterocycles. The summed E-state index contributed by atoms with van der Waals surface area (Å²) in [6.45, 7) is 2.96. The van der Waals surface area contributed by atoms with E-state index in [0.717, 1.165) is 44.5 Å². The lowest BCUT2D eigenvalue weighted by molar-refractivity contribution is -0.131. The van der Waals surface area contributed by atoms with Crippen molar-refractivity contribution >= 4 is 5.91 Å². The standard InChI is InChI=1S/C16H21FN2O/c17-14-3-1-12(2-4-14)9-16(20)19(15-5-6-15)11-13-7-8-18-10-13/h1-4,13,15,18H,5-11H2. The fourth-order valence-corrected chi connectivity index (χ4v) is 2.87. The van der Waals surface area contributed by atoms with Crippen LogP contribution >= 0.6 is 0 Å². The Balaban J connectivity index is 1.61. The molecule has 0 bridgehead atoms. The van der Waals surface area contributed by atoms with Crippen LogP contribution in [-0.2, 0) is 11.2 Å². The molecule has 3 nitrogen and oxygen atoms in total. The predicted molar refractivity (Wildman–Crippen MR) is 75.8 cm³/mol. The number of carbonyl (C=O) groups is 1. The molecule has 0 spiro atoms. The zero-order chi connectivity index (χ0) is 13.9. The summed E-state index contributed by atoms with van der Waals surface area (Å²) in [5.74, 6) is 0.524. The average Bonchev–Trinajstić information content (AvgIpc) is 3.15. The van der Waals surface area contributed by atoms with Crippen LogP contribution in [0.25, 0.3) is 0 Å². The summed E-state index contributed by atoms with van der Waals surface area (Å²) in [4.78, 5) is 14.5. The fourth-order valence-electron chi connectivity index (χ4n) is 2.87. The monoisotopic (exact) mass is 276 g/mol. The molecule has 20 heavy (non-hydrogen) atoms. The Hall–Kier alpha value is -1.42. The van der Waals surface area contributed by atoms with Crippen molar-refractivity contribution in [2.75, 3.05) is 19.6 Å². The second kappa shape index (κ2) is 5.92. The Morgan fingerprint density at radius 1 is 1.25 bits per heavy atom. The molecular weight excluding hydrogens is 255 g/mol. The maximum atomic E-state index is 12.9. The highest BCUT2D eigenvalue weighted by molar-refractivity contribution is 5.79. The van der Waals surface area contributed by atoms with E-state index in [1.165, 1.54) is 12.1 Å². The van der Waals surface area contributed by atoms with Crippen molar-refractivity contribution < 1.29 is 9.18 Å². The minimum atomic E-state index is -0.253. The third-order valence-electron chi connectivity index (χ3n) is 4.19. The van der Waals surface area contributed by atoms with Crippen molar-refractivity contribution in [1.29, 1.82) is 0 Å². The van der Waals surface area contributed by atoms with Gasteiger partial charge in [-0.25, -0.2) is 4.39 Å². The van der Waals surface area contributed by atoms with Gasteiger partial charge in [0.2, 0.25) is 5.91 Å². The molecule has 1 amide bonds. The number of nitrogens with zero attached hydrogens (tertiary/aromatic N) is 1. The maximum absolute atomic E-state index is 12.9. The Morgan fingerprint density at radius 2 is 2.00 bits per heavy atom. The minimum absolute atomic E-state index is 0.186. The van der Waals surface area contributed by atoms with E-state index >= 15 is 0 Å². The van der Waals surface area contributed by atoms with Crippen LogP contribution < -0.4 is 5.32 Å². The lowest BCUT2D eigenvalue weighted by atomic mass is 10.1. The first-order valence-electron chi connectivity index (χ1n) is 7.47. The van der Waals surface area contributed by atoms with E-state index in [4.69, 9.17) is 0 Å². The molecule has 4 heteroatoms. The summed E-state index contributed by atoms with van der Waals surface area (Å²) < 4.78 is 12.9. The van der Waals surface area contributed by atoms with E-state index in [0.29, 0.717) is 18.4 Å². The molecule has 3 rings (SSSR count). The van der Waals surface area contributed by atoms with Gasteiger partial charge in [0.25, 0.3) is 0 Å². The number of rotatable bonds is 5. The van der Waals surface area contributed by atoms with Crippen molar-refractivity contribution in [3.05, 3.63) is 35.6 Å². The molecule has 2 fully saturated rings. The molecule has 1 aromatic rings. The summed E-state index contributed by atoms with van der Waals surface area (Å²) >= 11 is 0. The van der Waals surface area contributed by atoms with Crippen LogP contribution in [-0.4, -0.2) is 36.5 Å². The summed E-state index contributed by atoms with van der Waals surface area (Å²) in [7, 11) is 0. The van der Waals surface area contributed by atoms with E-state index < -0.39 is 0 Å². The van der Waals surface area contributed by atoms with E-state index in [1.807, 2.05) is 0 Å². The van der Waals surface area contributed by atoms with E-state index in [1.54, 1.807) is 12.1 Å². The third kappa shape index (κ3) is 3.37. The number of hydrogen-bond acceptors (Lipinski definition) is 2. The maximum Gasteiger partial charge on any atom is 0.227 e.